The van der Waals surface area contributed by atoms with E-state index in [-0.39, 0.29) is 36.0 Å². The van der Waals surface area contributed by atoms with E-state index in [2.05, 4.69) is 13.5 Å². The third-order valence-corrected chi connectivity index (χ3v) is 7.61. The molecule has 4 rings (SSSR count). The maximum Gasteiger partial charge on any atom is 0.200 e. The van der Waals surface area contributed by atoms with Gasteiger partial charge in [0.05, 0.1) is 12.7 Å². The van der Waals surface area contributed by atoms with Crippen LogP contribution in [0.3, 0.4) is 0 Å². The van der Waals surface area contributed by atoms with Crippen molar-refractivity contribution in [2.75, 3.05) is 6.61 Å². The molecule has 6 heteroatoms. The lowest BCUT2D eigenvalue weighted by Crippen LogP contribution is -2.25. The van der Waals surface area contributed by atoms with Gasteiger partial charge in [-0.3, -0.25) is 0 Å². The average Bonchev–Trinajstić information content (AvgIpc) is 2.95. The molecule has 0 aliphatic heterocycles. The van der Waals surface area contributed by atoms with Gasteiger partial charge in [-0.05, 0) is 90.8 Å². The molecule has 1 atom stereocenters. The summed E-state index contributed by atoms with van der Waals surface area (Å²) >= 11 is 0. The predicted molar refractivity (Wildman–Crippen MR) is 148 cm³/mol. The van der Waals surface area contributed by atoms with Gasteiger partial charge in [0.2, 0.25) is 5.82 Å². The third-order valence-electron chi connectivity index (χ3n) is 7.61. The van der Waals surface area contributed by atoms with Crippen LogP contribution in [0.2, 0.25) is 0 Å². The smallest absolute Gasteiger partial charge is 0.200 e. The standard InChI is InChI=1S/C33H37F3O3/c1-3-5-19-38-30-17-15-26(20-28(30)34)23-9-7-22(8-10-23)21-39-31-18-16-27(32(35)33(31)36)24-11-13-25(14-12-24)29(37)6-4-2/h3,7-10,15-18,20,24-25,29,37H,1,4-6,11-14,19,21H2,2H3. The molecule has 208 valence electrons. The molecule has 1 fully saturated rings. The van der Waals surface area contributed by atoms with Gasteiger partial charge < -0.3 is 14.6 Å². The highest BCUT2D eigenvalue weighted by Gasteiger charge is 2.29. The zero-order valence-corrected chi connectivity index (χ0v) is 22.5. The molecule has 0 heterocycles. The molecule has 0 amide bonds. The summed E-state index contributed by atoms with van der Waals surface area (Å²) < 4.78 is 55.3. The van der Waals surface area contributed by atoms with Crippen molar-refractivity contribution in [2.45, 2.75) is 70.5 Å². The third kappa shape index (κ3) is 7.24. The number of halogens is 3. The molecule has 1 aliphatic carbocycles. The predicted octanol–water partition coefficient (Wildman–Crippen LogP) is 8.74. The lowest BCUT2D eigenvalue weighted by Gasteiger charge is -2.32. The topological polar surface area (TPSA) is 38.7 Å². The fraction of sp³-hybridized carbons (Fsp3) is 0.394. The molecule has 0 spiro atoms. The number of aliphatic hydroxyl groups is 1. The number of rotatable bonds is 12. The Bertz CT molecular complexity index is 1230. The summed E-state index contributed by atoms with van der Waals surface area (Å²) in [6, 6.07) is 15.2. The van der Waals surface area contributed by atoms with Crippen molar-refractivity contribution >= 4 is 0 Å². The molecule has 1 saturated carbocycles. The summed E-state index contributed by atoms with van der Waals surface area (Å²) in [4.78, 5) is 0. The zero-order valence-electron chi connectivity index (χ0n) is 22.5. The molecular weight excluding hydrogens is 501 g/mol. The zero-order chi connectivity index (χ0) is 27.8. The molecule has 1 aliphatic rings. The Hall–Kier alpha value is -3.25. The van der Waals surface area contributed by atoms with Crippen LogP contribution < -0.4 is 9.47 Å². The van der Waals surface area contributed by atoms with Crippen LogP contribution in [0.4, 0.5) is 13.2 Å². The first-order chi connectivity index (χ1) is 18.9. The Balaban J connectivity index is 1.34. The monoisotopic (exact) mass is 538 g/mol. The number of aliphatic hydroxyl groups excluding tert-OH is 1. The average molecular weight is 539 g/mol. The van der Waals surface area contributed by atoms with Gasteiger partial charge in [0.1, 0.15) is 6.61 Å². The lowest BCUT2D eigenvalue weighted by atomic mass is 9.76. The Kier molecular flexibility index (Phi) is 10.1. The van der Waals surface area contributed by atoms with Crippen LogP contribution in [0.5, 0.6) is 11.5 Å². The molecule has 0 saturated heterocycles. The fourth-order valence-corrected chi connectivity index (χ4v) is 5.32. The van der Waals surface area contributed by atoms with Crippen molar-refractivity contribution in [1.82, 2.24) is 0 Å². The number of hydrogen-bond acceptors (Lipinski definition) is 3. The van der Waals surface area contributed by atoms with E-state index >= 15 is 0 Å². The second kappa shape index (κ2) is 13.7. The first-order valence-electron chi connectivity index (χ1n) is 13.8. The number of ether oxygens (including phenoxy) is 2. The maximum absolute atomic E-state index is 15.0. The number of benzene rings is 3. The first-order valence-corrected chi connectivity index (χ1v) is 13.8. The largest absolute Gasteiger partial charge is 0.490 e. The molecule has 1 unspecified atom stereocenters. The summed E-state index contributed by atoms with van der Waals surface area (Å²) in [7, 11) is 0. The van der Waals surface area contributed by atoms with E-state index in [0.717, 1.165) is 49.7 Å². The highest BCUT2D eigenvalue weighted by Crippen LogP contribution is 2.40. The second-order valence-electron chi connectivity index (χ2n) is 10.3. The van der Waals surface area contributed by atoms with E-state index in [4.69, 9.17) is 9.47 Å². The Morgan fingerprint density at radius 3 is 2.26 bits per heavy atom. The van der Waals surface area contributed by atoms with Crippen LogP contribution in [0.25, 0.3) is 11.1 Å². The van der Waals surface area contributed by atoms with Gasteiger partial charge in [-0.15, -0.1) is 6.58 Å². The fourth-order valence-electron chi connectivity index (χ4n) is 5.32. The number of hydrogen-bond donors (Lipinski definition) is 1. The van der Waals surface area contributed by atoms with Crippen LogP contribution in [-0.2, 0) is 6.61 Å². The molecule has 3 nitrogen and oxygen atoms in total. The van der Waals surface area contributed by atoms with Gasteiger partial charge in [0, 0.05) is 0 Å². The quantitative estimate of drug-likeness (QED) is 0.185. The van der Waals surface area contributed by atoms with Gasteiger partial charge in [-0.2, -0.15) is 4.39 Å². The summed E-state index contributed by atoms with van der Waals surface area (Å²) in [5, 5.41) is 10.3. The van der Waals surface area contributed by atoms with E-state index in [1.165, 1.54) is 12.1 Å². The van der Waals surface area contributed by atoms with Crippen molar-refractivity contribution < 1.29 is 27.8 Å². The minimum absolute atomic E-state index is 0.0521. The minimum atomic E-state index is -0.969. The molecule has 0 radical (unpaired) electrons. The van der Waals surface area contributed by atoms with Crippen molar-refractivity contribution in [3.63, 3.8) is 0 Å². The molecule has 3 aromatic carbocycles. The van der Waals surface area contributed by atoms with E-state index in [0.29, 0.717) is 24.2 Å². The molecule has 39 heavy (non-hydrogen) atoms. The van der Waals surface area contributed by atoms with E-state index < -0.39 is 17.5 Å². The summed E-state index contributed by atoms with van der Waals surface area (Å²) in [5.41, 5.74) is 2.68. The summed E-state index contributed by atoms with van der Waals surface area (Å²) in [5.74, 6) is -1.99. The lowest BCUT2D eigenvalue weighted by molar-refractivity contribution is 0.0727. The Morgan fingerprint density at radius 1 is 0.897 bits per heavy atom. The first kappa shape index (κ1) is 28.8. The van der Waals surface area contributed by atoms with Crippen molar-refractivity contribution in [3.8, 4) is 22.6 Å². The summed E-state index contributed by atoms with van der Waals surface area (Å²) in [6.45, 7) is 6.11. The molecule has 1 N–H and O–H groups in total. The van der Waals surface area contributed by atoms with Gasteiger partial charge in [0.25, 0.3) is 0 Å². The van der Waals surface area contributed by atoms with Gasteiger partial charge in [-0.1, -0.05) is 55.8 Å². The van der Waals surface area contributed by atoms with Crippen LogP contribution in [-0.4, -0.2) is 17.8 Å². The normalized spacial score (nSPS) is 18.0. The molecule has 0 aromatic heterocycles. The Labute approximate surface area is 229 Å². The van der Waals surface area contributed by atoms with E-state index in [9.17, 15) is 18.3 Å². The maximum atomic E-state index is 15.0. The Morgan fingerprint density at radius 2 is 1.59 bits per heavy atom. The van der Waals surface area contributed by atoms with Crippen LogP contribution >= 0.6 is 0 Å². The highest BCUT2D eigenvalue weighted by molar-refractivity contribution is 5.64. The van der Waals surface area contributed by atoms with Crippen molar-refractivity contribution in [3.05, 3.63) is 95.8 Å². The summed E-state index contributed by atoms with van der Waals surface area (Å²) in [6.07, 6.45) is 6.88. The van der Waals surface area contributed by atoms with Crippen molar-refractivity contribution in [2.24, 2.45) is 5.92 Å². The molecular formula is C33H37F3O3. The van der Waals surface area contributed by atoms with Crippen LogP contribution in [0.15, 0.2) is 67.3 Å². The van der Waals surface area contributed by atoms with Crippen molar-refractivity contribution in [1.29, 1.82) is 0 Å². The van der Waals surface area contributed by atoms with Gasteiger partial charge in [-0.25, -0.2) is 8.78 Å². The van der Waals surface area contributed by atoms with E-state index in [1.54, 1.807) is 24.3 Å². The van der Waals surface area contributed by atoms with E-state index in [1.807, 2.05) is 24.3 Å². The second-order valence-corrected chi connectivity index (χ2v) is 10.3. The minimum Gasteiger partial charge on any atom is -0.490 e. The van der Waals surface area contributed by atoms with Gasteiger partial charge in [0.15, 0.2) is 23.1 Å². The van der Waals surface area contributed by atoms with Crippen LogP contribution in [0, 0.1) is 23.4 Å². The highest BCUT2D eigenvalue weighted by atomic mass is 19.2. The molecule has 3 aromatic rings. The van der Waals surface area contributed by atoms with Gasteiger partial charge >= 0.3 is 0 Å². The van der Waals surface area contributed by atoms with Crippen LogP contribution in [0.1, 0.15) is 68.9 Å². The SMILES string of the molecule is C=CCCOc1ccc(-c2ccc(COc3ccc(C4CCC(C(O)CCC)CC4)c(F)c3F)cc2)cc1F. The molecule has 0 bridgehead atoms.